The molecule has 1 aliphatic rings. The Morgan fingerprint density at radius 2 is 1.96 bits per heavy atom. The first kappa shape index (κ1) is 15.7. The van der Waals surface area contributed by atoms with Gasteiger partial charge < -0.3 is 4.90 Å². The van der Waals surface area contributed by atoms with E-state index < -0.39 is 5.54 Å². The highest BCUT2D eigenvalue weighted by Crippen LogP contribution is 2.26. The number of benzene rings is 1. The molecule has 1 aromatic heterocycles. The summed E-state index contributed by atoms with van der Waals surface area (Å²) in [6.45, 7) is 6.06. The van der Waals surface area contributed by atoms with Crippen LogP contribution in [0, 0.1) is 0 Å². The van der Waals surface area contributed by atoms with Crippen molar-refractivity contribution in [3.8, 4) is 0 Å². The molecule has 0 aliphatic carbocycles. The predicted octanol–water partition coefficient (Wildman–Crippen LogP) is 1.53. The normalized spacial score (nSPS) is 19.8. The Morgan fingerprint density at radius 1 is 1.22 bits per heavy atom. The van der Waals surface area contributed by atoms with Gasteiger partial charge in [-0.2, -0.15) is 5.10 Å². The zero-order valence-corrected chi connectivity index (χ0v) is 13.9. The summed E-state index contributed by atoms with van der Waals surface area (Å²) in [5, 5.41) is 4.14. The molecule has 0 unspecified atom stereocenters. The number of piperazine rings is 1. The summed E-state index contributed by atoms with van der Waals surface area (Å²) in [6.07, 6.45) is 3.06. The lowest BCUT2D eigenvalue weighted by atomic mass is 9.99. The maximum Gasteiger partial charge on any atom is 0.250 e. The molecule has 122 valence electrons. The van der Waals surface area contributed by atoms with E-state index in [0.717, 1.165) is 13.1 Å². The van der Waals surface area contributed by atoms with Crippen molar-refractivity contribution in [1.82, 2.24) is 24.6 Å². The Morgan fingerprint density at radius 3 is 2.61 bits per heavy atom. The molecular formula is C17H23N5O. The second-order valence-corrected chi connectivity index (χ2v) is 6.56. The average Bonchev–Trinajstić information content (AvgIpc) is 3.11. The third-order valence-electron chi connectivity index (χ3n) is 4.63. The molecule has 0 radical (unpaired) electrons. The largest absolute Gasteiger partial charge is 0.337 e. The molecule has 1 amide bonds. The minimum Gasteiger partial charge on any atom is -0.337 e. The minimum atomic E-state index is -0.729. The zero-order valence-electron chi connectivity index (χ0n) is 13.9. The molecule has 0 bridgehead atoms. The first-order valence-corrected chi connectivity index (χ1v) is 7.90. The molecule has 1 aliphatic heterocycles. The molecule has 0 saturated carbocycles. The number of carbonyl (C=O) groups excluding carboxylic acids is 1. The van der Waals surface area contributed by atoms with E-state index >= 15 is 0 Å². The first-order chi connectivity index (χ1) is 11.0. The summed E-state index contributed by atoms with van der Waals surface area (Å²) in [6, 6.07) is 10.6. The van der Waals surface area contributed by atoms with Gasteiger partial charge in [-0.1, -0.05) is 30.3 Å². The maximum atomic E-state index is 13.0. The molecule has 23 heavy (non-hydrogen) atoms. The van der Waals surface area contributed by atoms with Crippen LogP contribution in [0.3, 0.4) is 0 Å². The van der Waals surface area contributed by atoms with E-state index in [-0.39, 0.29) is 11.9 Å². The molecule has 3 rings (SSSR count). The lowest BCUT2D eigenvalue weighted by Gasteiger charge is -2.42. The number of likely N-dealkylation sites (N-methyl/N-ethyl adjacent to an activating group) is 1. The Labute approximate surface area is 136 Å². The van der Waals surface area contributed by atoms with Gasteiger partial charge in [0.25, 0.3) is 0 Å². The number of amides is 1. The number of carbonyl (C=O) groups is 1. The smallest absolute Gasteiger partial charge is 0.250 e. The molecule has 6 nitrogen and oxygen atoms in total. The van der Waals surface area contributed by atoms with Crippen LogP contribution in [0.4, 0.5) is 0 Å². The van der Waals surface area contributed by atoms with Crippen LogP contribution in [0.15, 0.2) is 43.0 Å². The van der Waals surface area contributed by atoms with Crippen LogP contribution in [0.25, 0.3) is 0 Å². The van der Waals surface area contributed by atoms with Gasteiger partial charge in [-0.3, -0.25) is 9.69 Å². The van der Waals surface area contributed by atoms with Crippen molar-refractivity contribution in [3.05, 3.63) is 48.5 Å². The zero-order chi connectivity index (χ0) is 16.4. The third-order valence-corrected chi connectivity index (χ3v) is 4.63. The lowest BCUT2D eigenvalue weighted by Crippen LogP contribution is -2.55. The fraction of sp³-hybridized carbons (Fsp3) is 0.471. The molecule has 1 saturated heterocycles. The summed E-state index contributed by atoms with van der Waals surface area (Å²) in [4.78, 5) is 21.2. The van der Waals surface area contributed by atoms with Gasteiger partial charge in [-0.25, -0.2) is 9.67 Å². The fourth-order valence-corrected chi connectivity index (χ4v) is 3.08. The second kappa shape index (κ2) is 6.12. The summed E-state index contributed by atoms with van der Waals surface area (Å²) in [5.41, 5.74) is 0.513. The van der Waals surface area contributed by atoms with Crippen molar-refractivity contribution >= 4 is 5.91 Å². The Hall–Kier alpha value is -2.21. The Kier molecular flexibility index (Phi) is 4.17. The van der Waals surface area contributed by atoms with E-state index in [2.05, 4.69) is 34.2 Å². The summed E-state index contributed by atoms with van der Waals surface area (Å²) >= 11 is 0. The van der Waals surface area contributed by atoms with E-state index in [4.69, 9.17) is 0 Å². The number of nitrogens with zero attached hydrogens (tertiary/aromatic N) is 5. The lowest BCUT2D eigenvalue weighted by molar-refractivity contribution is -0.142. The minimum absolute atomic E-state index is 0.0806. The van der Waals surface area contributed by atoms with Crippen molar-refractivity contribution in [3.63, 3.8) is 0 Å². The van der Waals surface area contributed by atoms with E-state index in [0.29, 0.717) is 6.54 Å². The highest BCUT2D eigenvalue weighted by molar-refractivity contribution is 5.83. The molecule has 1 atom stereocenters. The quantitative estimate of drug-likeness (QED) is 0.862. The molecule has 1 fully saturated rings. The van der Waals surface area contributed by atoms with Gasteiger partial charge in [0.15, 0.2) is 0 Å². The van der Waals surface area contributed by atoms with Gasteiger partial charge >= 0.3 is 0 Å². The van der Waals surface area contributed by atoms with Crippen LogP contribution >= 0.6 is 0 Å². The van der Waals surface area contributed by atoms with Gasteiger partial charge in [0.05, 0.1) is 6.04 Å². The van der Waals surface area contributed by atoms with E-state index in [9.17, 15) is 4.79 Å². The average molecular weight is 313 g/mol. The number of hydrogen-bond acceptors (Lipinski definition) is 4. The molecule has 2 aromatic rings. The Balaban J connectivity index is 1.80. The number of aromatic nitrogens is 3. The number of rotatable bonds is 3. The number of hydrogen-bond donors (Lipinski definition) is 0. The standard InChI is InChI=1S/C17H23N5O/c1-17(2,22-13-18-12-19-22)16(23)21-10-9-20(3)15(11-21)14-7-5-4-6-8-14/h4-8,12-13,15H,9-11H2,1-3H3/t15-/m1/s1. The topological polar surface area (TPSA) is 54.3 Å². The molecule has 6 heteroatoms. The van der Waals surface area contributed by atoms with Crippen molar-refractivity contribution in [2.75, 3.05) is 26.7 Å². The van der Waals surface area contributed by atoms with Crippen molar-refractivity contribution < 1.29 is 4.79 Å². The van der Waals surface area contributed by atoms with Crippen molar-refractivity contribution in [2.45, 2.75) is 25.4 Å². The van der Waals surface area contributed by atoms with Crippen LogP contribution in [0.5, 0.6) is 0 Å². The van der Waals surface area contributed by atoms with E-state index in [1.165, 1.54) is 11.9 Å². The van der Waals surface area contributed by atoms with Gasteiger partial charge in [-0.05, 0) is 26.5 Å². The molecule has 2 heterocycles. The highest BCUT2D eigenvalue weighted by atomic mass is 16.2. The summed E-state index contributed by atoms with van der Waals surface area (Å²) in [7, 11) is 2.11. The van der Waals surface area contributed by atoms with E-state index in [1.54, 1.807) is 11.0 Å². The van der Waals surface area contributed by atoms with Gasteiger partial charge in [0.1, 0.15) is 18.2 Å². The highest BCUT2D eigenvalue weighted by Gasteiger charge is 2.38. The first-order valence-electron chi connectivity index (χ1n) is 7.90. The van der Waals surface area contributed by atoms with Gasteiger partial charge in [0, 0.05) is 19.6 Å². The Bertz CT molecular complexity index is 653. The van der Waals surface area contributed by atoms with Crippen LogP contribution < -0.4 is 0 Å². The predicted molar refractivity (Wildman–Crippen MR) is 87.7 cm³/mol. The van der Waals surface area contributed by atoms with Crippen molar-refractivity contribution in [1.29, 1.82) is 0 Å². The van der Waals surface area contributed by atoms with Crippen LogP contribution in [-0.2, 0) is 10.3 Å². The van der Waals surface area contributed by atoms with Crippen LogP contribution in [0.1, 0.15) is 25.5 Å². The third kappa shape index (κ3) is 2.99. The molecule has 0 spiro atoms. The van der Waals surface area contributed by atoms with Gasteiger partial charge in [0.2, 0.25) is 5.91 Å². The molecule has 1 aromatic carbocycles. The van der Waals surface area contributed by atoms with Crippen LogP contribution in [0.2, 0.25) is 0 Å². The second-order valence-electron chi connectivity index (χ2n) is 6.56. The van der Waals surface area contributed by atoms with Gasteiger partial charge in [-0.15, -0.1) is 0 Å². The SMILES string of the molecule is CN1CCN(C(=O)C(C)(C)n2cncn2)C[C@@H]1c1ccccc1. The summed E-state index contributed by atoms with van der Waals surface area (Å²) in [5.74, 6) is 0.0806. The molecular weight excluding hydrogens is 290 g/mol. The molecule has 0 N–H and O–H groups in total. The maximum absolute atomic E-state index is 13.0. The fourth-order valence-electron chi connectivity index (χ4n) is 3.08. The van der Waals surface area contributed by atoms with Crippen LogP contribution in [-0.4, -0.2) is 57.2 Å². The van der Waals surface area contributed by atoms with E-state index in [1.807, 2.05) is 36.9 Å². The van der Waals surface area contributed by atoms with Crippen molar-refractivity contribution in [2.24, 2.45) is 0 Å². The monoisotopic (exact) mass is 313 g/mol. The summed E-state index contributed by atoms with van der Waals surface area (Å²) < 4.78 is 1.63.